The van der Waals surface area contributed by atoms with Gasteiger partial charge in [-0.25, -0.2) is 0 Å². The standard InChI is InChI=1S/C38H47BrN4O4/c39-33-11-10-30-23-32(9-8-31(30)24-33)35(44)42-38(16-4-5-17-38)37(46)41-34(22-27-6-2-1-3-7-27)36(45)40-25-28-12-18-43(19-13-28)26-29-14-20-47-21-15-29/h1-3,6-11,23-24,28-29,34H,4-5,12-22,25-26H2,(H,40,45)(H,41,46)(H,42,44)/t34-/m1/s1. The molecule has 0 aromatic heterocycles. The summed E-state index contributed by atoms with van der Waals surface area (Å²) in [6, 6.07) is 20.6. The van der Waals surface area contributed by atoms with E-state index < -0.39 is 11.6 Å². The van der Waals surface area contributed by atoms with Gasteiger partial charge < -0.3 is 25.6 Å². The lowest BCUT2D eigenvalue weighted by atomic mass is 9.93. The third-order valence-corrected chi connectivity index (χ3v) is 10.8. The predicted molar refractivity (Wildman–Crippen MR) is 188 cm³/mol. The maximum atomic E-state index is 14.1. The summed E-state index contributed by atoms with van der Waals surface area (Å²) >= 11 is 3.50. The lowest BCUT2D eigenvalue weighted by Crippen LogP contribution is -2.61. The van der Waals surface area contributed by atoms with Gasteiger partial charge >= 0.3 is 0 Å². The maximum Gasteiger partial charge on any atom is 0.252 e. The van der Waals surface area contributed by atoms with Crippen LogP contribution in [0.5, 0.6) is 0 Å². The van der Waals surface area contributed by atoms with Crippen molar-refractivity contribution in [3.63, 3.8) is 0 Å². The monoisotopic (exact) mass is 702 g/mol. The van der Waals surface area contributed by atoms with Crippen LogP contribution in [0.25, 0.3) is 10.8 Å². The first-order valence-electron chi connectivity index (χ1n) is 17.3. The first kappa shape index (κ1) is 33.6. The molecular weight excluding hydrogens is 656 g/mol. The molecule has 0 radical (unpaired) electrons. The van der Waals surface area contributed by atoms with Gasteiger partial charge in [-0.05, 0) is 104 Å². The van der Waals surface area contributed by atoms with Crippen molar-refractivity contribution >= 4 is 44.4 Å². The Morgan fingerprint density at radius 1 is 0.872 bits per heavy atom. The fourth-order valence-corrected chi connectivity index (χ4v) is 7.80. The molecule has 2 heterocycles. The van der Waals surface area contributed by atoms with Crippen molar-refractivity contribution in [2.75, 3.05) is 39.4 Å². The SMILES string of the molecule is O=C(NC1(C(=O)N[C@H](Cc2ccccc2)C(=O)NCC2CCN(CC3CCOCC3)CC2)CCCC1)c1ccc2cc(Br)ccc2c1. The number of nitrogens with one attached hydrogen (secondary N) is 3. The van der Waals surface area contributed by atoms with Crippen LogP contribution in [0.15, 0.2) is 71.2 Å². The number of nitrogens with zero attached hydrogens (tertiary/aromatic N) is 1. The molecule has 0 spiro atoms. The van der Waals surface area contributed by atoms with Crippen molar-refractivity contribution in [3.8, 4) is 0 Å². The van der Waals surface area contributed by atoms with Gasteiger partial charge in [-0.1, -0.05) is 71.2 Å². The molecule has 1 aliphatic carbocycles. The van der Waals surface area contributed by atoms with E-state index in [4.69, 9.17) is 4.74 Å². The Hall–Kier alpha value is -3.27. The average molecular weight is 704 g/mol. The molecule has 3 N–H and O–H groups in total. The molecule has 3 aromatic carbocycles. The molecule has 2 aliphatic heterocycles. The van der Waals surface area contributed by atoms with E-state index in [1.165, 1.54) is 0 Å². The van der Waals surface area contributed by atoms with Crippen molar-refractivity contribution in [1.82, 2.24) is 20.9 Å². The van der Waals surface area contributed by atoms with Gasteiger partial charge in [-0.3, -0.25) is 14.4 Å². The number of carbonyl (C=O) groups excluding carboxylic acids is 3. The molecule has 6 rings (SSSR count). The Labute approximate surface area is 286 Å². The number of benzene rings is 3. The molecule has 8 nitrogen and oxygen atoms in total. The summed E-state index contributed by atoms with van der Waals surface area (Å²) in [7, 11) is 0. The summed E-state index contributed by atoms with van der Waals surface area (Å²) in [5.41, 5.74) is 0.427. The number of ether oxygens (including phenoxy) is 1. The van der Waals surface area contributed by atoms with Gasteiger partial charge in [-0.2, -0.15) is 0 Å². The number of fused-ring (bicyclic) bond motifs is 1. The fourth-order valence-electron chi connectivity index (χ4n) is 7.43. The first-order chi connectivity index (χ1) is 22.9. The Balaban J connectivity index is 1.08. The molecule has 250 valence electrons. The molecule has 3 amide bonds. The second-order valence-corrected chi connectivity index (χ2v) is 14.6. The van der Waals surface area contributed by atoms with Crippen LogP contribution in [-0.4, -0.2) is 73.6 Å². The van der Waals surface area contributed by atoms with Crippen molar-refractivity contribution in [2.24, 2.45) is 11.8 Å². The number of hydrogen-bond acceptors (Lipinski definition) is 5. The minimum absolute atomic E-state index is 0.174. The number of amides is 3. The summed E-state index contributed by atoms with van der Waals surface area (Å²) in [4.78, 5) is 43.9. The highest BCUT2D eigenvalue weighted by Crippen LogP contribution is 2.31. The van der Waals surface area contributed by atoms with E-state index in [0.717, 1.165) is 98.1 Å². The average Bonchev–Trinajstić information content (AvgIpc) is 3.58. The molecular formula is C38H47BrN4O4. The smallest absolute Gasteiger partial charge is 0.252 e. The third kappa shape index (κ3) is 8.80. The molecule has 3 fully saturated rings. The lowest BCUT2D eigenvalue weighted by molar-refractivity contribution is -0.132. The van der Waals surface area contributed by atoms with Crippen molar-refractivity contribution in [2.45, 2.75) is 69.4 Å². The van der Waals surface area contributed by atoms with Crippen LogP contribution in [-0.2, 0) is 20.7 Å². The topological polar surface area (TPSA) is 99.8 Å². The van der Waals surface area contributed by atoms with Gasteiger partial charge in [0, 0.05) is 42.8 Å². The van der Waals surface area contributed by atoms with E-state index in [1.807, 2.05) is 60.7 Å². The van der Waals surface area contributed by atoms with E-state index in [1.54, 1.807) is 6.07 Å². The number of hydrogen-bond donors (Lipinski definition) is 3. The lowest BCUT2D eigenvalue weighted by Gasteiger charge is -2.35. The zero-order chi connectivity index (χ0) is 32.6. The van der Waals surface area contributed by atoms with Crippen molar-refractivity contribution in [3.05, 3.63) is 82.3 Å². The van der Waals surface area contributed by atoms with Gasteiger partial charge in [0.1, 0.15) is 11.6 Å². The van der Waals surface area contributed by atoms with E-state index >= 15 is 0 Å². The highest BCUT2D eigenvalue weighted by Gasteiger charge is 2.44. The number of carbonyl (C=O) groups is 3. The Morgan fingerprint density at radius 3 is 2.32 bits per heavy atom. The summed E-state index contributed by atoms with van der Waals surface area (Å²) in [5, 5.41) is 11.4. The van der Waals surface area contributed by atoms with E-state index in [9.17, 15) is 14.4 Å². The summed E-state index contributed by atoms with van der Waals surface area (Å²) in [6.07, 6.45) is 7.54. The zero-order valence-corrected chi connectivity index (χ0v) is 28.7. The molecule has 1 saturated carbocycles. The Bertz CT molecular complexity index is 1530. The van der Waals surface area contributed by atoms with Gasteiger partial charge in [0.05, 0.1) is 0 Å². The molecule has 47 heavy (non-hydrogen) atoms. The quantitative estimate of drug-likeness (QED) is 0.241. The number of halogens is 1. The predicted octanol–water partition coefficient (Wildman–Crippen LogP) is 5.63. The van der Waals surface area contributed by atoms with E-state index in [2.05, 4.69) is 36.8 Å². The van der Waals surface area contributed by atoms with Crippen molar-refractivity contribution in [1.29, 1.82) is 0 Å². The Kier molecular flexibility index (Phi) is 11.3. The second-order valence-electron chi connectivity index (χ2n) is 13.7. The fraction of sp³-hybridized carbons (Fsp3) is 0.500. The minimum atomic E-state index is -1.06. The molecule has 1 atom stereocenters. The highest BCUT2D eigenvalue weighted by atomic mass is 79.9. The zero-order valence-electron chi connectivity index (χ0n) is 27.1. The number of rotatable bonds is 11. The number of likely N-dealkylation sites (tertiary alicyclic amines) is 1. The second kappa shape index (κ2) is 15.8. The highest BCUT2D eigenvalue weighted by molar-refractivity contribution is 9.10. The van der Waals surface area contributed by atoms with Crippen LogP contribution in [0.2, 0.25) is 0 Å². The summed E-state index contributed by atoms with van der Waals surface area (Å²) in [5.74, 6) is 0.406. The van der Waals surface area contributed by atoms with Gasteiger partial charge in [0.2, 0.25) is 11.8 Å². The first-order valence-corrected chi connectivity index (χ1v) is 18.1. The molecule has 2 saturated heterocycles. The summed E-state index contributed by atoms with van der Waals surface area (Å²) < 4.78 is 6.50. The van der Waals surface area contributed by atoms with E-state index in [-0.39, 0.29) is 17.7 Å². The normalized spacial score (nSPS) is 19.7. The molecule has 3 aliphatic rings. The van der Waals surface area contributed by atoms with E-state index in [0.29, 0.717) is 37.3 Å². The largest absolute Gasteiger partial charge is 0.381 e. The van der Waals surface area contributed by atoms with Crippen LogP contribution in [0.4, 0.5) is 0 Å². The third-order valence-electron chi connectivity index (χ3n) is 10.3. The Morgan fingerprint density at radius 2 is 1.57 bits per heavy atom. The van der Waals surface area contributed by atoms with Crippen LogP contribution >= 0.6 is 15.9 Å². The molecule has 0 unspecified atom stereocenters. The van der Waals surface area contributed by atoms with Crippen LogP contribution in [0, 0.1) is 11.8 Å². The molecule has 0 bridgehead atoms. The van der Waals surface area contributed by atoms with Crippen LogP contribution in [0.1, 0.15) is 67.3 Å². The van der Waals surface area contributed by atoms with Gasteiger partial charge in [0.15, 0.2) is 0 Å². The minimum Gasteiger partial charge on any atom is -0.381 e. The van der Waals surface area contributed by atoms with Crippen LogP contribution < -0.4 is 16.0 Å². The number of piperidine rings is 1. The molecule has 3 aromatic rings. The van der Waals surface area contributed by atoms with Gasteiger partial charge in [-0.15, -0.1) is 0 Å². The van der Waals surface area contributed by atoms with Crippen molar-refractivity contribution < 1.29 is 19.1 Å². The maximum absolute atomic E-state index is 14.1. The van der Waals surface area contributed by atoms with Gasteiger partial charge in [0.25, 0.3) is 5.91 Å². The molecule has 9 heteroatoms. The summed E-state index contributed by atoms with van der Waals surface area (Å²) in [6.45, 7) is 5.61. The van der Waals surface area contributed by atoms with Crippen LogP contribution in [0.3, 0.4) is 0 Å².